The van der Waals surface area contributed by atoms with E-state index in [2.05, 4.69) is 22.7 Å². The Morgan fingerprint density at radius 1 is 1.41 bits per heavy atom. The number of piperidine rings is 1. The summed E-state index contributed by atoms with van der Waals surface area (Å²) < 4.78 is 7.61. The maximum atomic E-state index is 12.5. The predicted octanol–water partition coefficient (Wildman–Crippen LogP) is 3.97. The van der Waals surface area contributed by atoms with E-state index in [1.807, 2.05) is 36.0 Å². The minimum atomic E-state index is -0.185. The van der Waals surface area contributed by atoms with Crippen LogP contribution in [0.1, 0.15) is 54.7 Å². The number of unbranched alkanes of at least 4 members (excludes halogenated alkanes) is 1. The fraction of sp³-hybridized carbons (Fsp3) is 0.500. The fourth-order valence-electron chi connectivity index (χ4n) is 3.11. The second-order valence-corrected chi connectivity index (χ2v) is 6.81. The van der Waals surface area contributed by atoms with Crippen molar-refractivity contribution in [3.63, 3.8) is 0 Å². The molecule has 0 bridgehead atoms. The molecule has 2 aromatic rings. The average molecular weight is 393 g/mol. The minimum Gasteiger partial charge on any atom is -0.494 e. The van der Waals surface area contributed by atoms with Crippen LogP contribution in [0.3, 0.4) is 0 Å². The highest BCUT2D eigenvalue weighted by Crippen LogP contribution is 2.22. The Kier molecular flexibility index (Phi) is 8.13. The van der Waals surface area contributed by atoms with E-state index in [1.165, 1.54) is 0 Å². The topological polar surface area (TPSA) is 68.2 Å². The largest absolute Gasteiger partial charge is 0.494 e. The lowest BCUT2D eigenvalue weighted by Gasteiger charge is -2.22. The number of amides is 1. The molecule has 0 spiro atoms. The molecule has 1 unspecified atom stereocenters. The molecular weight excluding hydrogens is 364 g/mol. The number of anilines is 1. The SMILES string of the molecule is CCCCOc1ccc(NC(=O)c2ccn(C3CCCNC3)n2)c(C)c1.Cl. The molecule has 0 aliphatic carbocycles. The summed E-state index contributed by atoms with van der Waals surface area (Å²) in [6.07, 6.45) is 6.27. The zero-order chi connectivity index (χ0) is 18.4. The smallest absolute Gasteiger partial charge is 0.276 e. The van der Waals surface area contributed by atoms with Gasteiger partial charge in [0, 0.05) is 18.4 Å². The van der Waals surface area contributed by atoms with Crippen molar-refractivity contribution in [1.29, 1.82) is 0 Å². The van der Waals surface area contributed by atoms with Crippen molar-refractivity contribution in [2.24, 2.45) is 0 Å². The summed E-state index contributed by atoms with van der Waals surface area (Å²) in [4.78, 5) is 12.5. The average Bonchev–Trinajstić information content (AvgIpc) is 3.15. The van der Waals surface area contributed by atoms with Crippen molar-refractivity contribution in [2.45, 2.75) is 45.6 Å². The van der Waals surface area contributed by atoms with Gasteiger partial charge in [0.2, 0.25) is 0 Å². The number of hydrogen-bond donors (Lipinski definition) is 2. The van der Waals surface area contributed by atoms with Gasteiger partial charge in [0.1, 0.15) is 5.75 Å². The maximum Gasteiger partial charge on any atom is 0.276 e. The quantitative estimate of drug-likeness (QED) is 0.699. The van der Waals surface area contributed by atoms with Gasteiger partial charge in [0.15, 0.2) is 5.69 Å². The lowest BCUT2D eigenvalue weighted by Crippen LogP contribution is -2.32. The molecule has 1 saturated heterocycles. The van der Waals surface area contributed by atoms with E-state index in [4.69, 9.17) is 4.74 Å². The van der Waals surface area contributed by atoms with Crippen LogP contribution < -0.4 is 15.4 Å². The molecule has 27 heavy (non-hydrogen) atoms. The highest BCUT2D eigenvalue weighted by molar-refractivity contribution is 6.03. The predicted molar refractivity (Wildman–Crippen MR) is 110 cm³/mol. The molecule has 2 heterocycles. The molecule has 1 aromatic heterocycles. The number of aryl methyl sites for hydroxylation is 1. The highest BCUT2D eigenvalue weighted by Gasteiger charge is 2.18. The summed E-state index contributed by atoms with van der Waals surface area (Å²) in [5, 5.41) is 10.8. The van der Waals surface area contributed by atoms with Crippen molar-refractivity contribution in [3.05, 3.63) is 41.7 Å². The van der Waals surface area contributed by atoms with Gasteiger partial charge in [-0.15, -0.1) is 12.4 Å². The zero-order valence-corrected chi connectivity index (χ0v) is 16.8. The van der Waals surface area contributed by atoms with E-state index in [0.29, 0.717) is 11.7 Å². The third-order valence-electron chi connectivity index (χ3n) is 4.70. The lowest BCUT2D eigenvalue weighted by atomic mass is 10.1. The van der Waals surface area contributed by atoms with E-state index < -0.39 is 0 Å². The van der Waals surface area contributed by atoms with Crippen molar-refractivity contribution < 1.29 is 9.53 Å². The highest BCUT2D eigenvalue weighted by atomic mass is 35.5. The first-order valence-electron chi connectivity index (χ1n) is 9.48. The van der Waals surface area contributed by atoms with Gasteiger partial charge in [-0.3, -0.25) is 9.48 Å². The molecule has 1 aliphatic rings. The molecule has 148 valence electrons. The van der Waals surface area contributed by atoms with Crippen molar-refractivity contribution in [2.75, 3.05) is 25.0 Å². The Balaban J connectivity index is 0.00000261. The second-order valence-electron chi connectivity index (χ2n) is 6.81. The van der Waals surface area contributed by atoms with Crippen molar-refractivity contribution in [1.82, 2.24) is 15.1 Å². The molecule has 2 N–H and O–H groups in total. The van der Waals surface area contributed by atoms with Crippen LogP contribution >= 0.6 is 12.4 Å². The minimum absolute atomic E-state index is 0. The van der Waals surface area contributed by atoms with Gasteiger partial charge < -0.3 is 15.4 Å². The standard InChI is InChI=1S/C20H28N4O2.ClH/c1-3-4-12-26-17-7-8-18(15(2)13-17)22-20(25)19-9-11-24(23-19)16-6-5-10-21-14-16;/h7-9,11,13,16,21H,3-6,10,12,14H2,1-2H3,(H,22,25);1H. The van der Waals surface area contributed by atoms with Crippen LogP contribution in [-0.4, -0.2) is 35.4 Å². The van der Waals surface area contributed by atoms with E-state index >= 15 is 0 Å². The number of rotatable bonds is 7. The first-order valence-corrected chi connectivity index (χ1v) is 9.48. The third kappa shape index (κ3) is 5.71. The van der Waals surface area contributed by atoms with E-state index in [0.717, 1.165) is 62.4 Å². The Bertz CT molecular complexity index is 741. The van der Waals surface area contributed by atoms with E-state index in [9.17, 15) is 4.79 Å². The maximum absolute atomic E-state index is 12.5. The van der Waals surface area contributed by atoms with Gasteiger partial charge in [-0.25, -0.2) is 0 Å². The van der Waals surface area contributed by atoms with Crippen LogP contribution in [0.15, 0.2) is 30.5 Å². The molecular formula is C20H29ClN4O2. The molecule has 0 saturated carbocycles. The van der Waals surface area contributed by atoms with Crippen LogP contribution in [0.2, 0.25) is 0 Å². The Hall–Kier alpha value is -2.05. The van der Waals surface area contributed by atoms with Crippen molar-refractivity contribution >= 4 is 24.0 Å². The monoisotopic (exact) mass is 392 g/mol. The van der Waals surface area contributed by atoms with Gasteiger partial charge in [0.25, 0.3) is 5.91 Å². The lowest BCUT2D eigenvalue weighted by molar-refractivity contribution is 0.102. The number of carbonyl (C=O) groups excluding carboxylic acids is 1. The Morgan fingerprint density at radius 2 is 2.26 bits per heavy atom. The van der Waals surface area contributed by atoms with Gasteiger partial charge in [-0.2, -0.15) is 5.10 Å². The Morgan fingerprint density at radius 3 is 2.96 bits per heavy atom. The number of hydrogen-bond acceptors (Lipinski definition) is 4. The van der Waals surface area contributed by atoms with Crippen LogP contribution in [0.5, 0.6) is 5.75 Å². The first kappa shape index (κ1) is 21.3. The molecule has 1 amide bonds. The number of aromatic nitrogens is 2. The van der Waals surface area contributed by atoms with Crippen molar-refractivity contribution in [3.8, 4) is 5.75 Å². The fourth-order valence-corrected chi connectivity index (χ4v) is 3.11. The summed E-state index contributed by atoms with van der Waals surface area (Å²) in [6.45, 7) is 6.78. The van der Waals surface area contributed by atoms with Crippen LogP contribution in [0.4, 0.5) is 5.69 Å². The van der Waals surface area contributed by atoms with Gasteiger partial charge in [-0.1, -0.05) is 13.3 Å². The molecule has 7 heteroatoms. The van der Waals surface area contributed by atoms with E-state index in [1.54, 1.807) is 6.07 Å². The summed E-state index contributed by atoms with van der Waals surface area (Å²) in [6, 6.07) is 7.84. The molecule has 0 radical (unpaired) electrons. The summed E-state index contributed by atoms with van der Waals surface area (Å²) in [5.41, 5.74) is 2.20. The number of nitrogens with one attached hydrogen (secondary N) is 2. The number of ether oxygens (including phenoxy) is 1. The van der Waals surface area contributed by atoms with Crippen LogP contribution in [0.25, 0.3) is 0 Å². The van der Waals surface area contributed by atoms with Gasteiger partial charge >= 0.3 is 0 Å². The van der Waals surface area contributed by atoms with Gasteiger partial charge in [-0.05, 0) is 62.6 Å². The van der Waals surface area contributed by atoms with Crippen LogP contribution in [-0.2, 0) is 0 Å². The molecule has 3 rings (SSSR count). The molecule has 1 aromatic carbocycles. The number of nitrogens with zero attached hydrogens (tertiary/aromatic N) is 2. The number of benzene rings is 1. The number of carbonyl (C=O) groups is 1. The number of halogens is 1. The summed E-state index contributed by atoms with van der Waals surface area (Å²) in [7, 11) is 0. The zero-order valence-electron chi connectivity index (χ0n) is 16.0. The second kappa shape index (κ2) is 10.3. The van der Waals surface area contributed by atoms with Crippen LogP contribution in [0, 0.1) is 6.92 Å². The summed E-state index contributed by atoms with van der Waals surface area (Å²) >= 11 is 0. The summed E-state index contributed by atoms with van der Waals surface area (Å²) in [5.74, 6) is 0.651. The van der Waals surface area contributed by atoms with E-state index in [-0.39, 0.29) is 18.3 Å². The first-order chi connectivity index (χ1) is 12.7. The van der Waals surface area contributed by atoms with Gasteiger partial charge in [0.05, 0.1) is 12.6 Å². The third-order valence-corrected chi connectivity index (χ3v) is 4.70. The molecule has 1 atom stereocenters. The molecule has 1 aliphatic heterocycles. The molecule has 1 fully saturated rings. The molecule has 6 nitrogen and oxygen atoms in total. The Labute approximate surface area is 167 Å². The normalized spacial score (nSPS) is 16.4.